The van der Waals surface area contributed by atoms with Gasteiger partial charge in [-0.2, -0.15) is 0 Å². The minimum atomic E-state index is -2.09. The first kappa shape index (κ1) is 31.7. The van der Waals surface area contributed by atoms with Crippen LogP contribution < -0.4 is 5.32 Å². The van der Waals surface area contributed by atoms with Crippen LogP contribution >= 0.6 is 34.8 Å². The van der Waals surface area contributed by atoms with Crippen molar-refractivity contribution < 1.29 is 19.4 Å². The fourth-order valence-electron chi connectivity index (χ4n) is 5.46. The van der Waals surface area contributed by atoms with Crippen LogP contribution in [0.2, 0.25) is 0 Å². The molecule has 5 atom stereocenters. The van der Waals surface area contributed by atoms with Gasteiger partial charge in [0, 0.05) is 29.8 Å². The number of carbonyl (C=O) groups is 1. The average molecular weight is 642 g/mol. The summed E-state index contributed by atoms with van der Waals surface area (Å²) in [5.41, 5.74) is 4.24. The Labute approximate surface area is 267 Å². The molecule has 4 aromatic carbocycles. The Hall–Kier alpha value is -2.68. The van der Waals surface area contributed by atoms with Gasteiger partial charge in [-0.15, -0.1) is 0 Å². The van der Waals surface area contributed by atoms with Crippen LogP contribution in [0.5, 0.6) is 0 Å². The molecule has 0 aliphatic carbocycles. The molecule has 1 heterocycles. The van der Waals surface area contributed by atoms with Gasteiger partial charge in [-0.3, -0.25) is 9.69 Å². The summed E-state index contributed by atoms with van der Waals surface area (Å²) >= 11 is 17.3. The second-order valence-electron chi connectivity index (χ2n) is 11.1. The number of ether oxygens (including phenoxy) is 2. The average Bonchev–Trinajstić information content (AvgIpc) is 3.01. The highest BCUT2D eigenvalue weighted by Crippen LogP contribution is 2.42. The SMILES string of the molecule is C[C@@H]1[C@H](CN(C)[C@H](C)c2ccc3ccccc3c2)O[C@H](c2cccc(NC(=O)C(Cl)(Cl)Cl)c2)O[C@@H]1c1ccc(CO)cc1. The van der Waals surface area contributed by atoms with Crippen LogP contribution in [-0.4, -0.2) is 39.4 Å². The van der Waals surface area contributed by atoms with Crippen LogP contribution in [0.1, 0.15) is 54.5 Å². The van der Waals surface area contributed by atoms with Crippen LogP contribution in [0, 0.1) is 5.92 Å². The summed E-state index contributed by atoms with van der Waals surface area (Å²) in [5.74, 6) is -0.743. The molecule has 0 bridgehead atoms. The first-order valence-electron chi connectivity index (χ1n) is 14.2. The van der Waals surface area contributed by atoms with Crippen molar-refractivity contribution in [1.82, 2.24) is 4.90 Å². The van der Waals surface area contributed by atoms with Crippen LogP contribution in [0.3, 0.4) is 0 Å². The van der Waals surface area contributed by atoms with Gasteiger partial charge in [0.15, 0.2) is 6.29 Å². The van der Waals surface area contributed by atoms with Crippen LogP contribution in [-0.2, 0) is 20.9 Å². The number of hydrogen-bond acceptors (Lipinski definition) is 5. The summed E-state index contributed by atoms with van der Waals surface area (Å²) in [6.45, 7) is 4.97. The lowest BCUT2D eigenvalue weighted by atomic mass is 9.89. The Morgan fingerprint density at radius 1 is 0.930 bits per heavy atom. The molecule has 226 valence electrons. The maximum absolute atomic E-state index is 12.3. The summed E-state index contributed by atoms with van der Waals surface area (Å²) in [7, 11) is 2.11. The molecule has 9 heteroatoms. The number of hydrogen-bond donors (Lipinski definition) is 2. The predicted molar refractivity (Wildman–Crippen MR) is 173 cm³/mol. The molecule has 1 amide bonds. The second-order valence-corrected chi connectivity index (χ2v) is 13.4. The Morgan fingerprint density at radius 3 is 2.35 bits per heavy atom. The monoisotopic (exact) mass is 640 g/mol. The zero-order valence-corrected chi connectivity index (χ0v) is 26.5. The Bertz CT molecular complexity index is 1560. The predicted octanol–water partition coefficient (Wildman–Crippen LogP) is 8.13. The van der Waals surface area contributed by atoms with Gasteiger partial charge in [-0.05, 0) is 59.6 Å². The largest absolute Gasteiger partial charge is 0.392 e. The van der Waals surface area contributed by atoms with Crippen molar-refractivity contribution in [1.29, 1.82) is 0 Å². The quantitative estimate of drug-likeness (QED) is 0.190. The maximum Gasteiger partial charge on any atom is 0.276 e. The van der Waals surface area contributed by atoms with E-state index in [4.69, 9.17) is 44.3 Å². The molecule has 43 heavy (non-hydrogen) atoms. The van der Waals surface area contributed by atoms with E-state index in [1.165, 1.54) is 16.3 Å². The zero-order chi connectivity index (χ0) is 30.7. The number of amides is 1. The fraction of sp³-hybridized carbons (Fsp3) is 0.324. The molecule has 0 unspecified atom stereocenters. The Balaban J connectivity index is 1.41. The van der Waals surface area contributed by atoms with Gasteiger partial charge in [0.25, 0.3) is 9.70 Å². The molecule has 0 aromatic heterocycles. The number of nitrogens with zero attached hydrogens (tertiary/aromatic N) is 1. The maximum atomic E-state index is 12.3. The molecule has 0 radical (unpaired) electrons. The lowest BCUT2D eigenvalue weighted by molar-refractivity contribution is -0.276. The Kier molecular flexibility index (Phi) is 9.99. The van der Waals surface area contributed by atoms with E-state index >= 15 is 0 Å². The van der Waals surface area contributed by atoms with E-state index in [2.05, 4.69) is 73.6 Å². The highest BCUT2D eigenvalue weighted by Gasteiger charge is 2.39. The molecule has 1 fully saturated rings. The van der Waals surface area contributed by atoms with Gasteiger partial charge in [0.2, 0.25) is 0 Å². The molecule has 4 aromatic rings. The topological polar surface area (TPSA) is 71.0 Å². The van der Waals surface area contributed by atoms with Gasteiger partial charge in [0.05, 0.1) is 18.8 Å². The third kappa shape index (κ3) is 7.52. The number of anilines is 1. The van der Waals surface area contributed by atoms with Gasteiger partial charge < -0.3 is 19.9 Å². The van der Waals surface area contributed by atoms with E-state index in [1.54, 1.807) is 18.2 Å². The highest BCUT2D eigenvalue weighted by atomic mass is 35.6. The van der Waals surface area contributed by atoms with Gasteiger partial charge >= 0.3 is 0 Å². The molecule has 0 saturated carbocycles. The van der Waals surface area contributed by atoms with E-state index in [0.29, 0.717) is 12.2 Å². The van der Waals surface area contributed by atoms with Crippen molar-refractivity contribution in [2.45, 2.75) is 48.8 Å². The number of aliphatic hydroxyl groups is 1. The number of halogens is 3. The van der Waals surface area contributed by atoms with E-state index in [-0.39, 0.29) is 30.8 Å². The van der Waals surface area contributed by atoms with E-state index < -0.39 is 16.0 Å². The van der Waals surface area contributed by atoms with Gasteiger partial charge in [0.1, 0.15) is 0 Å². The van der Waals surface area contributed by atoms with Crippen molar-refractivity contribution in [3.05, 3.63) is 113 Å². The number of alkyl halides is 3. The number of aliphatic hydroxyl groups excluding tert-OH is 1. The zero-order valence-electron chi connectivity index (χ0n) is 24.2. The van der Waals surface area contributed by atoms with Gasteiger partial charge in [-0.25, -0.2) is 0 Å². The van der Waals surface area contributed by atoms with Crippen LogP contribution in [0.4, 0.5) is 5.69 Å². The molecular formula is C34H35Cl3N2O4. The molecule has 0 spiro atoms. The number of fused-ring (bicyclic) bond motifs is 1. The Morgan fingerprint density at radius 2 is 1.65 bits per heavy atom. The molecule has 5 rings (SSSR count). The van der Waals surface area contributed by atoms with E-state index in [0.717, 1.165) is 16.7 Å². The number of carbonyl (C=O) groups excluding carboxylic acids is 1. The smallest absolute Gasteiger partial charge is 0.276 e. The summed E-state index contributed by atoms with van der Waals surface area (Å²) in [5, 5.41) is 14.6. The number of nitrogens with one attached hydrogen (secondary N) is 1. The van der Waals surface area contributed by atoms with Crippen molar-refractivity contribution in [3.8, 4) is 0 Å². The molecule has 1 aliphatic rings. The number of likely N-dealkylation sites (N-methyl/N-ethyl adjacent to an activating group) is 1. The van der Waals surface area contributed by atoms with Crippen molar-refractivity contribution >= 4 is 57.2 Å². The third-order valence-electron chi connectivity index (χ3n) is 8.18. The standard InChI is InChI=1S/C34H35Cl3N2O4/c1-21-30(19-39(3)22(2)26-16-15-24-7-4-5-8-27(24)17-26)42-32(43-31(21)25-13-11-23(20-40)12-14-25)28-9-6-10-29(18-28)38-33(41)34(35,36)37/h4-18,21-22,30-32,40H,19-20H2,1-3H3,(H,38,41)/t21-,22-,30+,31+,32+/m1/s1. The van der Waals surface area contributed by atoms with Crippen molar-refractivity contribution in [3.63, 3.8) is 0 Å². The normalized spacial score (nSPS) is 21.6. The number of benzene rings is 4. The van der Waals surface area contributed by atoms with Gasteiger partial charge in [-0.1, -0.05) is 115 Å². The highest BCUT2D eigenvalue weighted by molar-refractivity contribution is 6.76. The van der Waals surface area contributed by atoms with Crippen molar-refractivity contribution in [2.24, 2.45) is 5.92 Å². The first-order chi connectivity index (χ1) is 20.5. The summed E-state index contributed by atoms with van der Waals surface area (Å²) in [4.78, 5) is 14.6. The van der Waals surface area contributed by atoms with Crippen LogP contribution in [0.15, 0.2) is 91.0 Å². The third-order valence-corrected chi connectivity index (χ3v) is 8.70. The minimum Gasteiger partial charge on any atom is -0.392 e. The minimum absolute atomic E-state index is 0.00901. The molecule has 6 nitrogen and oxygen atoms in total. The summed E-state index contributed by atoms with van der Waals surface area (Å²) < 4.78 is 11.1. The van der Waals surface area contributed by atoms with Crippen LogP contribution in [0.25, 0.3) is 10.8 Å². The van der Waals surface area contributed by atoms with E-state index in [1.807, 2.05) is 30.3 Å². The summed E-state index contributed by atoms with van der Waals surface area (Å²) in [6.07, 6.45) is -1.17. The summed E-state index contributed by atoms with van der Waals surface area (Å²) in [6, 6.07) is 30.1. The molecular weight excluding hydrogens is 607 g/mol. The fourth-order valence-corrected chi connectivity index (χ4v) is 5.60. The lowest BCUT2D eigenvalue weighted by Crippen LogP contribution is -2.44. The number of rotatable bonds is 8. The van der Waals surface area contributed by atoms with Crippen molar-refractivity contribution in [2.75, 3.05) is 18.9 Å². The lowest BCUT2D eigenvalue weighted by Gasteiger charge is -2.43. The molecule has 2 N–H and O–H groups in total. The second kappa shape index (κ2) is 13.5. The molecule has 1 saturated heterocycles. The first-order valence-corrected chi connectivity index (χ1v) is 15.3. The molecule has 1 aliphatic heterocycles. The van der Waals surface area contributed by atoms with E-state index in [9.17, 15) is 9.90 Å².